The van der Waals surface area contributed by atoms with Crippen LogP contribution in [0.1, 0.15) is 28.7 Å². The molecular formula is C21H21NO4S. The highest BCUT2D eigenvalue weighted by Gasteiger charge is 2.19. The predicted molar refractivity (Wildman–Crippen MR) is 105 cm³/mol. The lowest BCUT2D eigenvalue weighted by atomic mass is 10.0. The molecule has 0 aliphatic heterocycles. The number of aryl methyl sites for hydroxylation is 1. The van der Waals surface area contributed by atoms with Crippen LogP contribution in [0.25, 0.3) is 16.8 Å². The molecule has 1 aromatic heterocycles. The van der Waals surface area contributed by atoms with Crippen LogP contribution in [0.4, 0.5) is 0 Å². The van der Waals surface area contributed by atoms with Crippen molar-refractivity contribution in [1.82, 2.24) is 4.57 Å². The number of aromatic carboxylic acids is 1. The molecule has 0 atom stereocenters. The molecule has 0 radical (unpaired) electrons. The Bertz CT molecular complexity index is 1130. The maximum absolute atomic E-state index is 12.3. The van der Waals surface area contributed by atoms with Crippen LogP contribution in [0.3, 0.4) is 0 Å². The molecule has 3 rings (SSSR count). The molecule has 6 heteroatoms. The molecule has 1 N–H and O–H groups in total. The first-order valence-corrected chi connectivity index (χ1v) is 10.3. The fourth-order valence-corrected chi connectivity index (χ4v) is 4.21. The zero-order chi connectivity index (χ0) is 19.8. The molecule has 5 nitrogen and oxygen atoms in total. The molecule has 2 aromatic carbocycles. The van der Waals surface area contributed by atoms with Gasteiger partial charge >= 0.3 is 5.97 Å². The van der Waals surface area contributed by atoms with Crippen molar-refractivity contribution in [3.8, 4) is 16.8 Å². The zero-order valence-corrected chi connectivity index (χ0v) is 16.2. The minimum absolute atomic E-state index is 0.0376. The number of hydrogen-bond acceptors (Lipinski definition) is 3. The van der Waals surface area contributed by atoms with Gasteiger partial charge in [-0.15, -0.1) is 0 Å². The summed E-state index contributed by atoms with van der Waals surface area (Å²) in [6.45, 7) is 5.25. The van der Waals surface area contributed by atoms with Crippen LogP contribution in [0.15, 0.2) is 59.5 Å². The third kappa shape index (κ3) is 3.40. The summed E-state index contributed by atoms with van der Waals surface area (Å²) in [5.74, 6) is -0.932. The van der Waals surface area contributed by atoms with Gasteiger partial charge in [-0.3, -0.25) is 0 Å². The van der Waals surface area contributed by atoms with E-state index in [1.54, 1.807) is 38.1 Å². The lowest BCUT2D eigenvalue weighted by Gasteiger charge is -2.16. The summed E-state index contributed by atoms with van der Waals surface area (Å²) in [4.78, 5) is 11.8. The zero-order valence-electron chi connectivity index (χ0n) is 15.4. The second-order valence-electron chi connectivity index (χ2n) is 6.37. The largest absolute Gasteiger partial charge is 0.478 e. The van der Waals surface area contributed by atoms with Gasteiger partial charge in [0.2, 0.25) is 0 Å². The highest BCUT2D eigenvalue weighted by Crippen LogP contribution is 2.31. The van der Waals surface area contributed by atoms with E-state index < -0.39 is 15.8 Å². The molecule has 0 saturated carbocycles. The van der Waals surface area contributed by atoms with Crippen molar-refractivity contribution in [3.05, 3.63) is 71.5 Å². The maximum atomic E-state index is 12.3. The molecule has 0 saturated heterocycles. The predicted octanol–water partition coefficient (Wildman–Crippen LogP) is 4.25. The number of hydrogen-bond donors (Lipinski definition) is 1. The number of carbonyl (C=O) groups is 1. The van der Waals surface area contributed by atoms with Crippen LogP contribution in [0, 0.1) is 13.8 Å². The number of aromatic nitrogens is 1. The first-order chi connectivity index (χ1) is 12.8. The number of sulfone groups is 1. The van der Waals surface area contributed by atoms with Gasteiger partial charge in [0, 0.05) is 17.0 Å². The van der Waals surface area contributed by atoms with E-state index in [2.05, 4.69) is 0 Å². The molecule has 0 bridgehead atoms. The molecular weight excluding hydrogens is 362 g/mol. The molecule has 0 spiro atoms. The first-order valence-electron chi connectivity index (χ1n) is 8.61. The molecule has 0 unspecified atom stereocenters. The SMILES string of the molecule is CCS(=O)(=O)c1cccc(-c2ccccc2-n2c(C)cc(C(=O)O)c2C)c1. The van der Waals surface area contributed by atoms with Crippen molar-refractivity contribution >= 4 is 15.8 Å². The molecule has 0 aliphatic rings. The van der Waals surface area contributed by atoms with Crippen molar-refractivity contribution < 1.29 is 18.3 Å². The summed E-state index contributed by atoms with van der Waals surface area (Å²) in [5, 5.41) is 9.41. The van der Waals surface area contributed by atoms with Crippen LogP contribution in [0.2, 0.25) is 0 Å². The number of carboxylic acid groups (broad SMARTS) is 1. The van der Waals surface area contributed by atoms with E-state index in [0.29, 0.717) is 5.69 Å². The van der Waals surface area contributed by atoms with E-state index in [9.17, 15) is 18.3 Å². The monoisotopic (exact) mass is 383 g/mol. The molecule has 0 aliphatic carbocycles. The first kappa shape index (κ1) is 18.9. The number of rotatable bonds is 5. The van der Waals surface area contributed by atoms with Gasteiger partial charge in [-0.05, 0) is 43.7 Å². The van der Waals surface area contributed by atoms with Crippen molar-refractivity contribution in [1.29, 1.82) is 0 Å². The molecule has 1 heterocycles. The van der Waals surface area contributed by atoms with E-state index in [0.717, 1.165) is 22.5 Å². The van der Waals surface area contributed by atoms with Gasteiger partial charge in [-0.2, -0.15) is 0 Å². The van der Waals surface area contributed by atoms with Crippen molar-refractivity contribution in [2.24, 2.45) is 0 Å². The summed E-state index contributed by atoms with van der Waals surface area (Å²) in [6, 6.07) is 16.1. The Labute approximate surface area is 158 Å². The third-order valence-electron chi connectivity index (χ3n) is 4.69. The maximum Gasteiger partial charge on any atom is 0.337 e. The minimum Gasteiger partial charge on any atom is -0.478 e. The van der Waals surface area contributed by atoms with E-state index in [-0.39, 0.29) is 16.2 Å². The van der Waals surface area contributed by atoms with E-state index in [1.165, 1.54) is 0 Å². The van der Waals surface area contributed by atoms with E-state index in [1.807, 2.05) is 41.8 Å². The summed E-state index contributed by atoms with van der Waals surface area (Å²) in [5.41, 5.74) is 4.10. The number of benzene rings is 2. The summed E-state index contributed by atoms with van der Waals surface area (Å²) in [7, 11) is -3.31. The molecule has 3 aromatic rings. The normalized spacial score (nSPS) is 11.5. The average Bonchev–Trinajstić information content (AvgIpc) is 2.96. The fraction of sp³-hybridized carbons (Fsp3) is 0.190. The van der Waals surface area contributed by atoms with Crippen LogP contribution in [-0.4, -0.2) is 29.8 Å². The van der Waals surface area contributed by atoms with Crippen molar-refractivity contribution in [3.63, 3.8) is 0 Å². The van der Waals surface area contributed by atoms with Crippen LogP contribution < -0.4 is 0 Å². The Morgan fingerprint density at radius 2 is 1.74 bits per heavy atom. The van der Waals surface area contributed by atoms with Gasteiger partial charge in [-0.1, -0.05) is 37.3 Å². The van der Waals surface area contributed by atoms with Gasteiger partial charge in [0.25, 0.3) is 0 Å². The second kappa shape index (κ2) is 7.04. The van der Waals surface area contributed by atoms with Gasteiger partial charge in [-0.25, -0.2) is 13.2 Å². The Balaban J connectivity index is 2.23. The van der Waals surface area contributed by atoms with Crippen LogP contribution >= 0.6 is 0 Å². The standard InChI is InChI=1S/C21H21NO4S/c1-4-27(25,26)17-9-7-8-16(13-17)18-10-5-6-11-20(18)22-14(2)12-19(15(22)3)21(23)24/h5-13H,4H2,1-3H3,(H,23,24). The van der Waals surface area contributed by atoms with Crippen molar-refractivity contribution in [2.75, 3.05) is 5.75 Å². The topological polar surface area (TPSA) is 76.4 Å². The molecule has 0 amide bonds. The smallest absolute Gasteiger partial charge is 0.337 e. The Hall–Kier alpha value is -2.86. The highest BCUT2D eigenvalue weighted by molar-refractivity contribution is 7.91. The van der Waals surface area contributed by atoms with Gasteiger partial charge in [0.1, 0.15) is 0 Å². The number of carboxylic acids is 1. The van der Waals surface area contributed by atoms with Gasteiger partial charge in [0.05, 0.1) is 21.9 Å². The Morgan fingerprint density at radius 3 is 2.37 bits per heavy atom. The van der Waals surface area contributed by atoms with Gasteiger partial charge < -0.3 is 9.67 Å². The molecule has 27 heavy (non-hydrogen) atoms. The Morgan fingerprint density at radius 1 is 1.04 bits per heavy atom. The number of para-hydroxylation sites is 1. The van der Waals surface area contributed by atoms with Crippen molar-refractivity contribution in [2.45, 2.75) is 25.7 Å². The summed E-state index contributed by atoms with van der Waals surface area (Å²) < 4.78 is 26.4. The summed E-state index contributed by atoms with van der Waals surface area (Å²) >= 11 is 0. The highest BCUT2D eigenvalue weighted by atomic mass is 32.2. The van der Waals surface area contributed by atoms with Crippen LogP contribution in [-0.2, 0) is 9.84 Å². The average molecular weight is 383 g/mol. The second-order valence-corrected chi connectivity index (χ2v) is 8.65. The fourth-order valence-electron chi connectivity index (χ4n) is 3.29. The lowest BCUT2D eigenvalue weighted by molar-refractivity contribution is 0.0696. The van der Waals surface area contributed by atoms with E-state index >= 15 is 0 Å². The number of nitrogens with zero attached hydrogens (tertiary/aromatic N) is 1. The van der Waals surface area contributed by atoms with E-state index in [4.69, 9.17) is 0 Å². The van der Waals surface area contributed by atoms with Crippen LogP contribution in [0.5, 0.6) is 0 Å². The lowest BCUT2D eigenvalue weighted by Crippen LogP contribution is -2.05. The minimum atomic E-state index is -3.31. The van der Waals surface area contributed by atoms with Gasteiger partial charge in [0.15, 0.2) is 9.84 Å². The quantitative estimate of drug-likeness (QED) is 0.714. The molecule has 0 fully saturated rings. The Kier molecular flexibility index (Phi) is 4.93. The third-order valence-corrected chi connectivity index (χ3v) is 6.42. The summed E-state index contributed by atoms with van der Waals surface area (Å²) in [6.07, 6.45) is 0. The molecule has 140 valence electrons.